The summed E-state index contributed by atoms with van der Waals surface area (Å²) in [6.45, 7) is 1.82. The SMILES string of the molecule is CCC1(C(=O)O)CCC2OCOC2C1=O. The number of ketones is 1. The van der Waals surface area contributed by atoms with E-state index in [0.717, 1.165) is 0 Å². The number of rotatable bonds is 2. The van der Waals surface area contributed by atoms with Crippen molar-refractivity contribution in [2.45, 2.75) is 38.4 Å². The van der Waals surface area contributed by atoms with Gasteiger partial charge in [-0.3, -0.25) is 9.59 Å². The molecule has 1 saturated carbocycles. The summed E-state index contributed by atoms with van der Waals surface area (Å²) in [6.07, 6.45) is 0.332. The summed E-state index contributed by atoms with van der Waals surface area (Å²) >= 11 is 0. The van der Waals surface area contributed by atoms with Gasteiger partial charge in [-0.1, -0.05) is 6.92 Å². The van der Waals surface area contributed by atoms with Crippen LogP contribution in [0.25, 0.3) is 0 Å². The molecular weight excluding hydrogens is 200 g/mol. The molecule has 2 aliphatic rings. The fourth-order valence-corrected chi connectivity index (χ4v) is 2.37. The van der Waals surface area contributed by atoms with Crippen LogP contribution in [0.4, 0.5) is 0 Å². The molecule has 0 aromatic rings. The van der Waals surface area contributed by atoms with Crippen molar-refractivity contribution in [3.8, 4) is 0 Å². The van der Waals surface area contributed by atoms with Crippen molar-refractivity contribution in [1.29, 1.82) is 0 Å². The van der Waals surface area contributed by atoms with Crippen molar-refractivity contribution < 1.29 is 24.2 Å². The van der Waals surface area contributed by atoms with Gasteiger partial charge in [0.2, 0.25) is 0 Å². The molecule has 3 unspecified atom stereocenters. The van der Waals surface area contributed by atoms with Crippen LogP contribution < -0.4 is 0 Å². The van der Waals surface area contributed by atoms with Crippen LogP contribution in [0.3, 0.4) is 0 Å². The normalized spacial score (nSPS) is 40.2. The summed E-state index contributed by atoms with van der Waals surface area (Å²) in [6, 6.07) is 0. The highest BCUT2D eigenvalue weighted by molar-refractivity contribution is 6.06. The highest BCUT2D eigenvalue weighted by atomic mass is 16.7. The number of fused-ring (bicyclic) bond motifs is 1. The lowest BCUT2D eigenvalue weighted by Crippen LogP contribution is -2.52. The molecular formula is C10H14O5. The van der Waals surface area contributed by atoms with Gasteiger partial charge in [0.1, 0.15) is 18.3 Å². The molecule has 3 atom stereocenters. The topological polar surface area (TPSA) is 72.8 Å². The Bertz CT molecular complexity index is 300. The molecule has 0 bridgehead atoms. The van der Waals surface area contributed by atoms with Crippen molar-refractivity contribution >= 4 is 11.8 Å². The van der Waals surface area contributed by atoms with Crippen molar-refractivity contribution in [3.63, 3.8) is 0 Å². The Morgan fingerprint density at radius 2 is 2.33 bits per heavy atom. The van der Waals surface area contributed by atoms with Crippen molar-refractivity contribution in [2.24, 2.45) is 5.41 Å². The molecule has 0 aromatic heterocycles. The fourth-order valence-electron chi connectivity index (χ4n) is 2.37. The molecule has 15 heavy (non-hydrogen) atoms. The first-order valence-corrected chi connectivity index (χ1v) is 5.13. The number of carbonyl (C=O) groups excluding carboxylic acids is 1. The first kappa shape index (κ1) is 10.6. The molecule has 0 spiro atoms. The molecule has 5 nitrogen and oxygen atoms in total. The van der Waals surface area contributed by atoms with E-state index >= 15 is 0 Å². The highest BCUT2D eigenvalue weighted by Crippen LogP contribution is 2.40. The van der Waals surface area contributed by atoms with Gasteiger partial charge in [0.25, 0.3) is 0 Å². The quantitative estimate of drug-likeness (QED) is 0.680. The van der Waals surface area contributed by atoms with Crippen LogP contribution in [-0.2, 0) is 19.1 Å². The Labute approximate surface area is 87.4 Å². The summed E-state index contributed by atoms with van der Waals surface area (Å²) in [5, 5.41) is 9.16. The molecule has 0 aromatic carbocycles. The highest BCUT2D eigenvalue weighted by Gasteiger charge is 2.55. The summed E-state index contributed by atoms with van der Waals surface area (Å²) in [7, 11) is 0. The van der Waals surface area contributed by atoms with Crippen molar-refractivity contribution in [1.82, 2.24) is 0 Å². The number of carboxylic acids is 1. The van der Waals surface area contributed by atoms with E-state index in [2.05, 4.69) is 0 Å². The fraction of sp³-hybridized carbons (Fsp3) is 0.800. The molecule has 1 N–H and O–H groups in total. The molecule has 1 saturated heterocycles. The minimum absolute atomic E-state index is 0.0977. The molecule has 0 radical (unpaired) electrons. The Hall–Kier alpha value is -0.940. The van der Waals surface area contributed by atoms with E-state index < -0.39 is 17.5 Å². The molecule has 2 fully saturated rings. The van der Waals surface area contributed by atoms with Gasteiger partial charge in [0.05, 0.1) is 6.10 Å². The first-order chi connectivity index (χ1) is 7.12. The van der Waals surface area contributed by atoms with E-state index in [4.69, 9.17) is 14.6 Å². The summed E-state index contributed by atoms with van der Waals surface area (Å²) in [5.41, 5.74) is -1.26. The van der Waals surface area contributed by atoms with Crippen LogP contribution in [-0.4, -0.2) is 35.9 Å². The number of hydrogen-bond acceptors (Lipinski definition) is 4. The minimum atomic E-state index is -1.26. The molecule has 84 valence electrons. The molecule has 0 amide bonds. The second-order valence-electron chi connectivity index (χ2n) is 4.05. The van der Waals surface area contributed by atoms with Crippen molar-refractivity contribution in [2.75, 3.05) is 6.79 Å². The van der Waals surface area contributed by atoms with Gasteiger partial charge in [-0.05, 0) is 19.3 Å². The predicted octanol–water partition coefficient (Wildman–Crippen LogP) is 0.572. The minimum Gasteiger partial charge on any atom is -0.480 e. The van der Waals surface area contributed by atoms with Gasteiger partial charge < -0.3 is 14.6 Å². The van der Waals surface area contributed by atoms with Crippen LogP contribution in [0.5, 0.6) is 0 Å². The Morgan fingerprint density at radius 3 is 2.93 bits per heavy atom. The number of ether oxygens (including phenoxy) is 2. The van der Waals surface area contributed by atoms with Crippen LogP contribution in [0.15, 0.2) is 0 Å². The second kappa shape index (κ2) is 3.57. The van der Waals surface area contributed by atoms with Crippen LogP contribution in [0.2, 0.25) is 0 Å². The molecule has 2 rings (SSSR count). The lowest BCUT2D eigenvalue weighted by molar-refractivity contribution is -0.163. The van der Waals surface area contributed by atoms with Gasteiger partial charge in [0.15, 0.2) is 5.78 Å². The number of carbonyl (C=O) groups is 2. The largest absolute Gasteiger partial charge is 0.480 e. The Balaban J connectivity index is 2.28. The molecule has 5 heteroatoms. The maximum absolute atomic E-state index is 12.0. The number of hydrogen-bond donors (Lipinski definition) is 1. The van der Waals surface area contributed by atoms with E-state index in [0.29, 0.717) is 19.3 Å². The number of Topliss-reactive ketones (excluding diaryl/α,β-unsaturated/α-hetero) is 1. The maximum atomic E-state index is 12.0. The zero-order valence-electron chi connectivity index (χ0n) is 8.56. The Kier molecular flexibility index (Phi) is 2.52. The third kappa shape index (κ3) is 1.38. The van der Waals surface area contributed by atoms with E-state index in [1.54, 1.807) is 6.92 Å². The summed E-state index contributed by atoms with van der Waals surface area (Å²) in [4.78, 5) is 23.2. The van der Waals surface area contributed by atoms with E-state index in [9.17, 15) is 9.59 Å². The maximum Gasteiger partial charge on any atom is 0.317 e. The summed E-state index contributed by atoms with van der Waals surface area (Å²) in [5.74, 6) is -1.37. The van der Waals surface area contributed by atoms with Crippen molar-refractivity contribution in [3.05, 3.63) is 0 Å². The molecule has 1 aliphatic carbocycles. The Morgan fingerprint density at radius 1 is 1.60 bits per heavy atom. The standard InChI is InChI=1S/C10H14O5/c1-2-10(9(12)13)4-3-6-7(8(10)11)15-5-14-6/h6-7H,2-5H2,1H3,(H,12,13). The lowest BCUT2D eigenvalue weighted by Gasteiger charge is -2.35. The van der Waals surface area contributed by atoms with Crippen LogP contribution in [0.1, 0.15) is 26.2 Å². The third-order valence-corrected chi connectivity index (χ3v) is 3.47. The van der Waals surface area contributed by atoms with Gasteiger partial charge in [-0.2, -0.15) is 0 Å². The van der Waals surface area contributed by atoms with Gasteiger partial charge in [0, 0.05) is 0 Å². The lowest BCUT2D eigenvalue weighted by atomic mass is 9.69. The van der Waals surface area contributed by atoms with E-state index in [1.807, 2.05) is 0 Å². The molecule has 1 heterocycles. The van der Waals surface area contributed by atoms with Crippen LogP contribution in [0, 0.1) is 5.41 Å². The summed E-state index contributed by atoms with van der Waals surface area (Å²) < 4.78 is 10.4. The predicted molar refractivity (Wildman–Crippen MR) is 49.2 cm³/mol. The average Bonchev–Trinajstić information content (AvgIpc) is 2.67. The number of carboxylic acid groups (broad SMARTS) is 1. The third-order valence-electron chi connectivity index (χ3n) is 3.47. The van der Waals surface area contributed by atoms with E-state index in [1.165, 1.54) is 0 Å². The zero-order chi connectivity index (χ0) is 11.1. The van der Waals surface area contributed by atoms with Gasteiger partial charge >= 0.3 is 5.97 Å². The second-order valence-corrected chi connectivity index (χ2v) is 4.05. The monoisotopic (exact) mass is 214 g/mol. The smallest absolute Gasteiger partial charge is 0.317 e. The molecule has 1 aliphatic heterocycles. The zero-order valence-corrected chi connectivity index (χ0v) is 8.56. The average molecular weight is 214 g/mol. The van der Waals surface area contributed by atoms with Gasteiger partial charge in [-0.25, -0.2) is 0 Å². The first-order valence-electron chi connectivity index (χ1n) is 5.13. The number of aliphatic carboxylic acids is 1. The van der Waals surface area contributed by atoms with E-state index in [-0.39, 0.29) is 18.7 Å². The van der Waals surface area contributed by atoms with Gasteiger partial charge in [-0.15, -0.1) is 0 Å². The van der Waals surface area contributed by atoms with Crippen LogP contribution >= 0.6 is 0 Å².